The van der Waals surface area contributed by atoms with Gasteiger partial charge in [-0.25, -0.2) is 0 Å². The Bertz CT molecular complexity index is 218. The lowest BCUT2D eigenvalue weighted by Crippen LogP contribution is -2.17. The van der Waals surface area contributed by atoms with Gasteiger partial charge in [-0.1, -0.05) is 38.5 Å². The van der Waals surface area contributed by atoms with Crippen molar-refractivity contribution in [2.75, 3.05) is 5.32 Å². The quantitative estimate of drug-likeness (QED) is 0.723. The van der Waals surface area contributed by atoms with Crippen LogP contribution in [-0.2, 0) is 0 Å². The number of rotatable bonds is 5. The van der Waals surface area contributed by atoms with Gasteiger partial charge in [-0.15, -0.1) is 0 Å². The molecule has 0 fully saturated rings. The van der Waals surface area contributed by atoms with E-state index in [9.17, 15) is 0 Å². The Morgan fingerprint density at radius 1 is 1.15 bits per heavy atom. The Morgan fingerprint density at radius 3 is 2.38 bits per heavy atom. The maximum absolute atomic E-state index is 3.53. The molecule has 0 spiro atoms. The molecule has 1 rings (SSSR count). The Labute approximate surface area is 81.2 Å². The molecule has 0 aliphatic carbocycles. The number of benzene rings is 1. The number of hydrogen-bond donors (Lipinski definition) is 1. The van der Waals surface area contributed by atoms with E-state index in [1.165, 1.54) is 24.9 Å². The first-order chi connectivity index (χ1) is 6.36. The second kappa shape index (κ2) is 5.63. The van der Waals surface area contributed by atoms with E-state index in [1.54, 1.807) is 0 Å². The summed E-state index contributed by atoms with van der Waals surface area (Å²) in [6.07, 6.45) is 3.70. The van der Waals surface area contributed by atoms with Crippen LogP contribution in [0.25, 0.3) is 0 Å². The van der Waals surface area contributed by atoms with Crippen LogP contribution in [-0.4, -0.2) is 6.04 Å². The fraction of sp³-hybridized carbons (Fsp3) is 0.500. The van der Waals surface area contributed by atoms with E-state index < -0.39 is 0 Å². The number of para-hydroxylation sites is 1. The Hall–Kier alpha value is -0.980. The molecule has 1 aromatic carbocycles. The molecule has 0 aliphatic rings. The molecule has 1 heteroatoms. The average Bonchev–Trinajstić information content (AvgIpc) is 2.19. The van der Waals surface area contributed by atoms with Crippen molar-refractivity contribution in [2.24, 2.45) is 0 Å². The van der Waals surface area contributed by atoms with Gasteiger partial charge in [-0.2, -0.15) is 0 Å². The number of hydrogen-bond acceptors (Lipinski definition) is 1. The van der Waals surface area contributed by atoms with Crippen LogP contribution < -0.4 is 5.32 Å². The maximum atomic E-state index is 3.53. The average molecular weight is 177 g/mol. The third kappa shape index (κ3) is 3.49. The van der Waals surface area contributed by atoms with Gasteiger partial charge in [0.2, 0.25) is 0 Å². The van der Waals surface area contributed by atoms with Gasteiger partial charge >= 0.3 is 0 Å². The van der Waals surface area contributed by atoms with Gasteiger partial charge in [0.25, 0.3) is 0 Å². The van der Waals surface area contributed by atoms with Crippen LogP contribution in [0.15, 0.2) is 30.3 Å². The van der Waals surface area contributed by atoms with Gasteiger partial charge in [0.1, 0.15) is 0 Å². The molecule has 0 saturated carbocycles. The smallest absolute Gasteiger partial charge is 0.0342 e. The molecule has 0 amide bonds. The van der Waals surface area contributed by atoms with E-state index in [2.05, 4.69) is 43.4 Å². The molecule has 72 valence electrons. The molecule has 0 aromatic heterocycles. The van der Waals surface area contributed by atoms with Gasteiger partial charge in [0.15, 0.2) is 0 Å². The summed E-state index contributed by atoms with van der Waals surface area (Å²) in [7, 11) is 0. The van der Waals surface area contributed by atoms with Crippen molar-refractivity contribution in [1.82, 2.24) is 0 Å². The highest BCUT2D eigenvalue weighted by atomic mass is 14.9. The van der Waals surface area contributed by atoms with Crippen molar-refractivity contribution in [2.45, 2.75) is 39.2 Å². The summed E-state index contributed by atoms with van der Waals surface area (Å²) in [5.41, 5.74) is 1.24. The summed E-state index contributed by atoms with van der Waals surface area (Å²) in [5.74, 6) is 0. The molecule has 1 N–H and O–H groups in total. The highest BCUT2D eigenvalue weighted by molar-refractivity contribution is 5.43. The van der Waals surface area contributed by atoms with Crippen molar-refractivity contribution < 1.29 is 0 Å². The van der Waals surface area contributed by atoms with Crippen LogP contribution >= 0.6 is 0 Å². The maximum Gasteiger partial charge on any atom is 0.0342 e. The lowest BCUT2D eigenvalue weighted by molar-refractivity contribution is 0.623. The zero-order valence-electron chi connectivity index (χ0n) is 8.59. The lowest BCUT2D eigenvalue weighted by atomic mass is 10.1. The first-order valence-electron chi connectivity index (χ1n) is 5.18. The Balaban J connectivity index is 2.46. The molecule has 1 aromatic rings. The van der Waals surface area contributed by atoms with E-state index in [0.29, 0.717) is 6.04 Å². The molecule has 1 atom stereocenters. The largest absolute Gasteiger partial charge is 0.382 e. The Kier molecular flexibility index (Phi) is 4.37. The fourth-order valence-electron chi connectivity index (χ4n) is 1.50. The van der Waals surface area contributed by atoms with E-state index in [1.807, 2.05) is 6.07 Å². The van der Waals surface area contributed by atoms with Crippen molar-refractivity contribution in [3.05, 3.63) is 30.3 Å². The van der Waals surface area contributed by atoms with Crippen LogP contribution in [0.1, 0.15) is 33.1 Å². The van der Waals surface area contributed by atoms with Crippen molar-refractivity contribution >= 4 is 5.69 Å². The van der Waals surface area contributed by atoms with E-state index in [4.69, 9.17) is 0 Å². The SMILES string of the molecule is CCCC(CC)Nc1ccccc1. The summed E-state index contributed by atoms with van der Waals surface area (Å²) in [6.45, 7) is 4.46. The predicted octanol–water partition coefficient (Wildman–Crippen LogP) is 3.68. The molecule has 1 unspecified atom stereocenters. The molecular weight excluding hydrogens is 158 g/mol. The zero-order valence-corrected chi connectivity index (χ0v) is 8.59. The van der Waals surface area contributed by atoms with Gasteiger partial charge in [-0.3, -0.25) is 0 Å². The van der Waals surface area contributed by atoms with Crippen LogP contribution in [0.3, 0.4) is 0 Å². The normalized spacial score (nSPS) is 12.5. The Morgan fingerprint density at radius 2 is 1.85 bits per heavy atom. The van der Waals surface area contributed by atoms with Crippen LogP contribution in [0, 0.1) is 0 Å². The minimum atomic E-state index is 0.632. The van der Waals surface area contributed by atoms with Crippen molar-refractivity contribution in [3.63, 3.8) is 0 Å². The third-order valence-electron chi connectivity index (χ3n) is 2.27. The molecule has 0 heterocycles. The van der Waals surface area contributed by atoms with E-state index >= 15 is 0 Å². The highest BCUT2D eigenvalue weighted by Gasteiger charge is 2.02. The second-order valence-electron chi connectivity index (χ2n) is 3.40. The van der Waals surface area contributed by atoms with Crippen molar-refractivity contribution in [1.29, 1.82) is 0 Å². The van der Waals surface area contributed by atoms with Crippen LogP contribution in [0.2, 0.25) is 0 Å². The van der Waals surface area contributed by atoms with Crippen LogP contribution in [0.5, 0.6) is 0 Å². The van der Waals surface area contributed by atoms with Gasteiger partial charge in [-0.05, 0) is 25.0 Å². The van der Waals surface area contributed by atoms with Gasteiger partial charge in [0.05, 0.1) is 0 Å². The summed E-state index contributed by atoms with van der Waals surface area (Å²) in [4.78, 5) is 0. The number of anilines is 1. The molecule has 1 nitrogen and oxygen atoms in total. The number of nitrogens with one attached hydrogen (secondary N) is 1. The van der Waals surface area contributed by atoms with Gasteiger partial charge < -0.3 is 5.32 Å². The van der Waals surface area contributed by atoms with Gasteiger partial charge in [0, 0.05) is 11.7 Å². The summed E-state index contributed by atoms with van der Waals surface area (Å²) in [6, 6.07) is 11.1. The molecule has 0 bridgehead atoms. The predicted molar refractivity (Wildman–Crippen MR) is 59.1 cm³/mol. The summed E-state index contributed by atoms with van der Waals surface area (Å²) in [5, 5.41) is 3.53. The fourth-order valence-corrected chi connectivity index (χ4v) is 1.50. The molecule has 0 aliphatic heterocycles. The first kappa shape index (κ1) is 10.1. The standard InChI is InChI=1S/C12H19N/c1-3-8-11(4-2)13-12-9-6-5-7-10-12/h5-7,9-11,13H,3-4,8H2,1-2H3. The summed E-state index contributed by atoms with van der Waals surface area (Å²) < 4.78 is 0. The van der Waals surface area contributed by atoms with E-state index in [-0.39, 0.29) is 0 Å². The topological polar surface area (TPSA) is 12.0 Å². The van der Waals surface area contributed by atoms with Crippen LogP contribution in [0.4, 0.5) is 5.69 Å². The molecular formula is C12H19N. The molecule has 13 heavy (non-hydrogen) atoms. The highest BCUT2D eigenvalue weighted by Crippen LogP contribution is 2.11. The van der Waals surface area contributed by atoms with E-state index in [0.717, 1.165) is 0 Å². The molecule has 0 radical (unpaired) electrons. The third-order valence-corrected chi connectivity index (χ3v) is 2.27. The van der Waals surface area contributed by atoms with Crippen molar-refractivity contribution in [3.8, 4) is 0 Å². The second-order valence-corrected chi connectivity index (χ2v) is 3.40. The lowest BCUT2D eigenvalue weighted by Gasteiger charge is -2.17. The monoisotopic (exact) mass is 177 g/mol. The minimum absolute atomic E-state index is 0.632. The molecule has 0 saturated heterocycles. The minimum Gasteiger partial charge on any atom is -0.382 e. The first-order valence-corrected chi connectivity index (χ1v) is 5.18. The zero-order chi connectivity index (χ0) is 9.52. The summed E-state index contributed by atoms with van der Waals surface area (Å²) >= 11 is 0.